The van der Waals surface area contributed by atoms with Crippen molar-refractivity contribution >= 4 is 18.0 Å². The van der Waals surface area contributed by atoms with Gasteiger partial charge in [-0.1, -0.05) is 4.68 Å². The molecule has 0 spiro atoms. The number of nitrogens with zero attached hydrogens (tertiary/aromatic N) is 3. The largest absolute Gasteiger partial charge is 0.481 e. The highest BCUT2D eigenvalue weighted by molar-refractivity contribution is 5.94. The first-order valence-electron chi connectivity index (χ1n) is 6.94. The third-order valence-corrected chi connectivity index (χ3v) is 2.52. The van der Waals surface area contributed by atoms with Gasteiger partial charge in [0, 0.05) is 13.1 Å². The Hall–Kier alpha value is -2.71. The topological polar surface area (TPSA) is 113 Å². The number of hydrogen-bond donors (Lipinski definition) is 2. The molecule has 1 rings (SSSR count). The molecule has 1 heterocycles. The minimum Gasteiger partial charge on any atom is -0.481 e. The molecule has 2 N–H and O–H groups in total. The lowest BCUT2D eigenvalue weighted by molar-refractivity contribution is -0.753. The van der Waals surface area contributed by atoms with E-state index in [0.717, 1.165) is 5.01 Å². The van der Waals surface area contributed by atoms with E-state index in [4.69, 9.17) is 9.84 Å². The summed E-state index contributed by atoms with van der Waals surface area (Å²) in [5.41, 5.74) is 1.93. The average Bonchev–Trinajstić information content (AvgIpc) is 2.43. The molecule has 9 heteroatoms. The minimum absolute atomic E-state index is 0.0649. The first-order chi connectivity index (χ1) is 10.6. The quantitative estimate of drug-likeness (QED) is 0.610. The number of hydrogen-bond acceptors (Lipinski definition) is 5. The zero-order valence-electron chi connectivity index (χ0n) is 13.6. The summed E-state index contributed by atoms with van der Waals surface area (Å²) in [4.78, 5) is 34.2. The van der Waals surface area contributed by atoms with E-state index in [2.05, 4.69) is 10.5 Å². The summed E-state index contributed by atoms with van der Waals surface area (Å²) in [6.45, 7) is 5.36. The van der Waals surface area contributed by atoms with Crippen LogP contribution in [0.1, 0.15) is 37.6 Å². The number of aryl methyl sites for hydroxylation is 1. The van der Waals surface area contributed by atoms with Gasteiger partial charge >= 0.3 is 12.1 Å². The number of carboxylic acids is 1. The number of carbonyl (C=O) groups is 3. The molecule has 0 unspecified atom stereocenters. The van der Waals surface area contributed by atoms with E-state index < -0.39 is 23.6 Å². The molecule has 0 aromatic carbocycles. The van der Waals surface area contributed by atoms with Gasteiger partial charge in [0.05, 0.1) is 5.56 Å². The number of aliphatic carboxylic acids is 1. The van der Waals surface area contributed by atoms with Crippen molar-refractivity contribution in [2.75, 3.05) is 7.05 Å². The Kier molecular flexibility index (Phi) is 6.00. The van der Waals surface area contributed by atoms with E-state index in [1.807, 2.05) is 0 Å². The molecule has 1 aromatic heterocycles. The molecular formula is C14H21N4O5+. The normalized spacial score (nSPS) is 10.8. The van der Waals surface area contributed by atoms with Crippen molar-refractivity contribution in [3.05, 3.63) is 24.0 Å². The van der Waals surface area contributed by atoms with Gasteiger partial charge in [-0.05, 0) is 25.9 Å². The summed E-state index contributed by atoms with van der Waals surface area (Å²) in [5, 5.41) is 13.5. The number of carbonyl (C=O) groups excluding carboxylic acids is 2. The molecule has 1 aromatic rings. The van der Waals surface area contributed by atoms with E-state index in [9.17, 15) is 14.4 Å². The van der Waals surface area contributed by atoms with Gasteiger partial charge in [-0.2, -0.15) is 0 Å². The van der Waals surface area contributed by atoms with Gasteiger partial charge in [0.2, 0.25) is 0 Å². The van der Waals surface area contributed by atoms with Crippen molar-refractivity contribution < 1.29 is 28.9 Å². The number of hydrazine groups is 1. The molecule has 0 atom stereocenters. The second kappa shape index (κ2) is 7.52. The molecule has 0 aliphatic rings. The molecule has 0 bridgehead atoms. The minimum atomic E-state index is -0.930. The van der Waals surface area contributed by atoms with Crippen molar-refractivity contribution in [1.29, 1.82) is 0 Å². The van der Waals surface area contributed by atoms with E-state index in [-0.39, 0.29) is 18.5 Å². The van der Waals surface area contributed by atoms with Crippen LogP contribution in [0, 0.1) is 0 Å². The van der Waals surface area contributed by atoms with Crippen molar-refractivity contribution in [2.24, 2.45) is 0 Å². The first kappa shape index (κ1) is 18.3. The van der Waals surface area contributed by atoms with Gasteiger partial charge in [0.1, 0.15) is 18.2 Å². The Morgan fingerprint density at radius 3 is 2.52 bits per heavy atom. The van der Waals surface area contributed by atoms with Gasteiger partial charge in [0.15, 0.2) is 12.7 Å². The van der Waals surface area contributed by atoms with Crippen molar-refractivity contribution in [1.82, 2.24) is 15.5 Å². The zero-order chi connectivity index (χ0) is 17.6. The number of rotatable bonds is 4. The summed E-state index contributed by atoms with van der Waals surface area (Å²) in [7, 11) is 1.37. The average molecular weight is 325 g/mol. The molecule has 2 amide bonds. The molecular weight excluding hydrogens is 304 g/mol. The van der Waals surface area contributed by atoms with Crippen molar-refractivity contribution in [3.8, 4) is 0 Å². The van der Waals surface area contributed by atoms with E-state index in [0.29, 0.717) is 0 Å². The monoisotopic (exact) mass is 325 g/mol. The number of ether oxygens (including phenoxy) is 1. The van der Waals surface area contributed by atoms with E-state index >= 15 is 0 Å². The number of carboxylic acid groups (broad SMARTS) is 1. The molecule has 9 nitrogen and oxygen atoms in total. The zero-order valence-corrected chi connectivity index (χ0v) is 13.6. The summed E-state index contributed by atoms with van der Waals surface area (Å²) >= 11 is 0. The first-order valence-corrected chi connectivity index (χ1v) is 6.94. The molecule has 0 fully saturated rings. The second-order valence-corrected chi connectivity index (χ2v) is 5.80. The Labute approximate surface area is 133 Å². The predicted molar refractivity (Wildman–Crippen MR) is 78.1 cm³/mol. The van der Waals surface area contributed by atoms with Crippen LogP contribution in [0.4, 0.5) is 4.79 Å². The Bertz CT molecular complexity index is 580. The van der Waals surface area contributed by atoms with Crippen LogP contribution >= 0.6 is 0 Å². The molecule has 0 radical (unpaired) electrons. The number of aromatic nitrogens is 2. The molecule has 0 saturated carbocycles. The van der Waals surface area contributed by atoms with Gasteiger partial charge in [-0.3, -0.25) is 15.0 Å². The van der Waals surface area contributed by atoms with Crippen LogP contribution in [0.3, 0.4) is 0 Å². The third-order valence-electron chi connectivity index (χ3n) is 2.52. The van der Waals surface area contributed by atoms with Crippen LogP contribution in [0.15, 0.2) is 18.5 Å². The van der Waals surface area contributed by atoms with Crippen LogP contribution < -0.4 is 10.1 Å². The Morgan fingerprint density at radius 2 is 2.04 bits per heavy atom. The molecule has 0 aliphatic heterocycles. The summed E-state index contributed by atoms with van der Waals surface area (Å²) in [5.74, 6) is -1.46. The second-order valence-electron chi connectivity index (χ2n) is 5.80. The standard InChI is InChI=1S/C14H20N4O5/c1-14(2,3)23-13(22)17(4)16-12(21)10-5-7-18(15-9-10)8-6-11(19)20/h5,7,9H,6,8H2,1-4H3,(H-,15,16,19,20,21)/p+1. The maximum Gasteiger partial charge on any atom is 0.428 e. The van der Waals surface area contributed by atoms with Crippen LogP contribution in [0.25, 0.3) is 0 Å². The molecule has 0 saturated heterocycles. The molecule has 126 valence electrons. The predicted octanol–water partition coefficient (Wildman–Crippen LogP) is 0.355. The van der Waals surface area contributed by atoms with Gasteiger partial charge in [-0.15, -0.1) is 0 Å². The smallest absolute Gasteiger partial charge is 0.428 e. The Morgan fingerprint density at radius 1 is 1.39 bits per heavy atom. The highest BCUT2D eigenvalue weighted by Gasteiger charge is 2.21. The highest BCUT2D eigenvalue weighted by Crippen LogP contribution is 2.08. The van der Waals surface area contributed by atoms with Gasteiger partial charge in [0.25, 0.3) is 5.91 Å². The summed E-state index contributed by atoms with van der Waals surface area (Å²) in [6, 6.07) is 1.48. The van der Waals surface area contributed by atoms with E-state index in [1.54, 1.807) is 20.8 Å². The van der Waals surface area contributed by atoms with Gasteiger partial charge in [-0.25, -0.2) is 9.80 Å². The molecule has 23 heavy (non-hydrogen) atoms. The maximum atomic E-state index is 12.0. The lowest BCUT2D eigenvalue weighted by Crippen LogP contribution is -2.46. The van der Waals surface area contributed by atoms with Crippen molar-refractivity contribution in [2.45, 2.75) is 39.3 Å². The number of nitrogens with one attached hydrogen (secondary N) is 1. The SMILES string of the molecule is CN(NC(=O)c1cc[n+](CCC(=O)O)nc1)C(=O)OC(C)(C)C. The summed E-state index contributed by atoms with van der Waals surface area (Å²) < 4.78 is 6.51. The fourth-order valence-corrected chi connectivity index (χ4v) is 1.45. The number of amides is 2. The third kappa shape index (κ3) is 6.72. The lowest BCUT2D eigenvalue weighted by atomic mass is 10.2. The Balaban J connectivity index is 2.60. The van der Waals surface area contributed by atoms with Gasteiger partial charge < -0.3 is 9.84 Å². The lowest BCUT2D eigenvalue weighted by Gasteiger charge is -2.24. The van der Waals surface area contributed by atoms with Crippen LogP contribution in [0.2, 0.25) is 0 Å². The van der Waals surface area contributed by atoms with Crippen molar-refractivity contribution in [3.63, 3.8) is 0 Å². The van der Waals surface area contributed by atoms with E-state index in [1.165, 1.54) is 30.2 Å². The van der Waals surface area contributed by atoms with Crippen LogP contribution in [-0.4, -0.2) is 45.8 Å². The van der Waals surface area contributed by atoms with Crippen LogP contribution in [0.5, 0.6) is 0 Å². The molecule has 0 aliphatic carbocycles. The highest BCUT2D eigenvalue weighted by atomic mass is 16.6. The fourth-order valence-electron chi connectivity index (χ4n) is 1.45. The fraction of sp³-hybridized carbons (Fsp3) is 0.500. The maximum absolute atomic E-state index is 12.0. The van der Waals surface area contributed by atoms with Crippen LogP contribution in [-0.2, 0) is 16.1 Å². The summed E-state index contributed by atoms with van der Waals surface area (Å²) in [6.07, 6.45) is 2.03.